The molecule has 8 heteroatoms. The third-order valence-corrected chi connectivity index (χ3v) is 2.94. The number of hydrogen-bond donors (Lipinski definition) is 2. The molecular formula is C9H9F2NO4S. The summed E-state index contributed by atoms with van der Waals surface area (Å²) in [6.07, 6.45) is 0. The van der Waals surface area contributed by atoms with E-state index in [0.717, 1.165) is 6.07 Å². The second-order valence-electron chi connectivity index (χ2n) is 3.24. The molecular weight excluding hydrogens is 256 g/mol. The van der Waals surface area contributed by atoms with Gasteiger partial charge in [0.1, 0.15) is 0 Å². The molecule has 0 radical (unpaired) electrons. The number of alkyl halides is 2. The van der Waals surface area contributed by atoms with Crippen molar-refractivity contribution in [3.63, 3.8) is 0 Å². The molecule has 0 atom stereocenters. The van der Waals surface area contributed by atoms with Gasteiger partial charge in [0.25, 0.3) is 10.0 Å². The SMILES string of the molecule is Cc1ccc(C(=O)O)cc1NS(=O)(=O)C(F)F. The Kier molecular flexibility index (Phi) is 3.66. The van der Waals surface area contributed by atoms with Gasteiger partial charge in [-0.15, -0.1) is 0 Å². The van der Waals surface area contributed by atoms with Crippen LogP contribution in [0, 0.1) is 6.92 Å². The lowest BCUT2D eigenvalue weighted by atomic mass is 10.1. The third-order valence-electron chi connectivity index (χ3n) is 1.97. The fourth-order valence-corrected chi connectivity index (χ4v) is 1.68. The molecule has 0 fully saturated rings. The zero-order valence-corrected chi connectivity index (χ0v) is 9.46. The van der Waals surface area contributed by atoms with E-state index in [1.807, 2.05) is 0 Å². The molecule has 0 heterocycles. The van der Waals surface area contributed by atoms with Crippen molar-refractivity contribution in [1.82, 2.24) is 0 Å². The second kappa shape index (κ2) is 4.66. The molecule has 0 unspecified atom stereocenters. The van der Waals surface area contributed by atoms with Gasteiger partial charge in [-0.05, 0) is 24.6 Å². The van der Waals surface area contributed by atoms with E-state index in [0.29, 0.717) is 5.56 Å². The molecule has 1 aromatic rings. The number of carbonyl (C=O) groups is 1. The van der Waals surface area contributed by atoms with Crippen LogP contribution in [-0.4, -0.2) is 25.3 Å². The Morgan fingerprint density at radius 2 is 2.00 bits per heavy atom. The largest absolute Gasteiger partial charge is 0.478 e. The minimum absolute atomic E-state index is 0.176. The fraction of sp³-hybridized carbons (Fsp3) is 0.222. The lowest BCUT2D eigenvalue weighted by Gasteiger charge is -2.10. The van der Waals surface area contributed by atoms with Gasteiger partial charge in [-0.2, -0.15) is 8.78 Å². The van der Waals surface area contributed by atoms with E-state index in [1.165, 1.54) is 19.1 Å². The van der Waals surface area contributed by atoms with E-state index in [4.69, 9.17) is 5.11 Å². The van der Waals surface area contributed by atoms with Crippen molar-refractivity contribution in [3.05, 3.63) is 29.3 Å². The Balaban J connectivity index is 3.15. The summed E-state index contributed by atoms with van der Waals surface area (Å²) >= 11 is 0. The average molecular weight is 265 g/mol. The molecule has 0 spiro atoms. The summed E-state index contributed by atoms with van der Waals surface area (Å²) in [5, 5.41) is 8.68. The van der Waals surface area contributed by atoms with Crippen LogP contribution in [0.15, 0.2) is 18.2 Å². The van der Waals surface area contributed by atoms with Crippen LogP contribution >= 0.6 is 0 Å². The molecule has 2 N–H and O–H groups in total. The Hall–Kier alpha value is -1.70. The average Bonchev–Trinajstić information content (AvgIpc) is 2.20. The molecule has 0 saturated heterocycles. The van der Waals surface area contributed by atoms with Crippen molar-refractivity contribution >= 4 is 21.7 Å². The normalized spacial score (nSPS) is 11.5. The molecule has 5 nitrogen and oxygen atoms in total. The molecule has 0 aromatic heterocycles. The van der Waals surface area contributed by atoms with E-state index in [1.54, 1.807) is 4.72 Å². The van der Waals surface area contributed by atoms with Crippen LogP contribution in [0.5, 0.6) is 0 Å². The van der Waals surface area contributed by atoms with E-state index in [2.05, 4.69) is 0 Å². The van der Waals surface area contributed by atoms with Gasteiger partial charge < -0.3 is 5.11 Å². The smallest absolute Gasteiger partial charge is 0.355 e. The van der Waals surface area contributed by atoms with Crippen molar-refractivity contribution in [2.75, 3.05) is 4.72 Å². The van der Waals surface area contributed by atoms with Crippen molar-refractivity contribution in [2.24, 2.45) is 0 Å². The molecule has 94 valence electrons. The summed E-state index contributed by atoms with van der Waals surface area (Å²) in [4.78, 5) is 10.6. The maximum atomic E-state index is 12.1. The first-order valence-corrected chi connectivity index (χ1v) is 5.92. The molecule has 0 aliphatic heterocycles. The second-order valence-corrected chi connectivity index (χ2v) is 4.89. The molecule has 0 aliphatic rings. The predicted molar refractivity (Wildman–Crippen MR) is 56.7 cm³/mol. The summed E-state index contributed by atoms with van der Waals surface area (Å²) < 4.78 is 47.7. The standard InChI is InChI=1S/C9H9F2NO4S/c1-5-2-3-6(8(13)14)4-7(5)12-17(15,16)9(10)11/h2-4,9,12H,1H3,(H,13,14). The van der Waals surface area contributed by atoms with Crippen LogP contribution < -0.4 is 4.72 Å². The fourth-order valence-electron chi connectivity index (χ4n) is 1.06. The van der Waals surface area contributed by atoms with Crippen molar-refractivity contribution in [2.45, 2.75) is 12.7 Å². The molecule has 1 aromatic carbocycles. The first kappa shape index (κ1) is 13.4. The van der Waals surface area contributed by atoms with Gasteiger partial charge in [-0.25, -0.2) is 13.2 Å². The van der Waals surface area contributed by atoms with Crippen LogP contribution in [-0.2, 0) is 10.0 Å². The highest BCUT2D eigenvalue weighted by atomic mass is 32.2. The van der Waals surface area contributed by atoms with Gasteiger partial charge in [-0.3, -0.25) is 4.72 Å². The quantitative estimate of drug-likeness (QED) is 0.867. The maximum Gasteiger partial charge on any atom is 0.355 e. The van der Waals surface area contributed by atoms with Crippen molar-refractivity contribution in [3.8, 4) is 0 Å². The zero-order valence-electron chi connectivity index (χ0n) is 8.65. The number of carboxylic acids is 1. The lowest BCUT2D eigenvalue weighted by Crippen LogP contribution is -2.21. The van der Waals surface area contributed by atoms with Gasteiger partial charge in [0.05, 0.1) is 11.3 Å². The monoisotopic (exact) mass is 265 g/mol. The van der Waals surface area contributed by atoms with Gasteiger partial charge in [0.15, 0.2) is 0 Å². The Bertz CT molecular complexity index is 542. The highest BCUT2D eigenvalue weighted by Gasteiger charge is 2.24. The molecule has 0 aliphatic carbocycles. The predicted octanol–water partition coefficient (Wildman–Crippen LogP) is 1.66. The van der Waals surface area contributed by atoms with E-state index < -0.39 is 21.8 Å². The van der Waals surface area contributed by atoms with Crippen molar-refractivity contribution < 1.29 is 27.1 Å². The number of sulfonamides is 1. The Morgan fingerprint density at radius 1 is 1.41 bits per heavy atom. The van der Waals surface area contributed by atoms with Crippen LogP contribution in [0.2, 0.25) is 0 Å². The molecule has 0 saturated carbocycles. The van der Waals surface area contributed by atoms with E-state index in [9.17, 15) is 22.0 Å². The molecule has 17 heavy (non-hydrogen) atoms. The summed E-state index contributed by atoms with van der Waals surface area (Å²) in [7, 11) is -4.79. The van der Waals surface area contributed by atoms with Crippen LogP contribution in [0.3, 0.4) is 0 Å². The van der Waals surface area contributed by atoms with E-state index in [-0.39, 0.29) is 11.3 Å². The lowest BCUT2D eigenvalue weighted by molar-refractivity contribution is 0.0697. The van der Waals surface area contributed by atoms with Crippen LogP contribution in [0.4, 0.5) is 14.5 Å². The Morgan fingerprint density at radius 3 is 2.47 bits per heavy atom. The number of anilines is 1. The molecule has 1 rings (SSSR count). The van der Waals surface area contributed by atoms with Gasteiger partial charge >= 0.3 is 11.7 Å². The van der Waals surface area contributed by atoms with Gasteiger partial charge in [-0.1, -0.05) is 6.07 Å². The topological polar surface area (TPSA) is 83.5 Å². The first-order chi connectivity index (χ1) is 7.74. The summed E-state index contributed by atoms with van der Waals surface area (Å²) in [6.45, 7) is 1.47. The number of aromatic carboxylic acids is 1. The molecule has 0 amide bonds. The van der Waals surface area contributed by atoms with Gasteiger partial charge in [0.2, 0.25) is 0 Å². The Labute approximate surface area is 96.1 Å². The number of halogens is 2. The highest BCUT2D eigenvalue weighted by molar-refractivity contribution is 7.93. The zero-order chi connectivity index (χ0) is 13.2. The summed E-state index contributed by atoms with van der Waals surface area (Å²) in [5.41, 5.74) is -0.0213. The highest BCUT2D eigenvalue weighted by Crippen LogP contribution is 2.20. The minimum Gasteiger partial charge on any atom is -0.478 e. The number of rotatable bonds is 4. The number of carboxylic acid groups (broad SMARTS) is 1. The van der Waals surface area contributed by atoms with E-state index >= 15 is 0 Å². The third kappa shape index (κ3) is 3.13. The minimum atomic E-state index is -4.79. The van der Waals surface area contributed by atoms with Gasteiger partial charge in [0, 0.05) is 0 Å². The first-order valence-electron chi connectivity index (χ1n) is 4.38. The number of hydrogen-bond acceptors (Lipinski definition) is 3. The maximum absolute atomic E-state index is 12.1. The van der Waals surface area contributed by atoms with Crippen LogP contribution in [0.1, 0.15) is 15.9 Å². The summed E-state index contributed by atoms with van der Waals surface area (Å²) in [6, 6.07) is 3.56. The number of benzene rings is 1. The van der Waals surface area contributed by atoms with Crippen LogP contribution in [0.25, 0.3) is 0 Å². The summed E-state index contributed by atoms with van der Waals surface area (Å²) in [5.74, 6) is -4.85. The number of nitrogens with one attached hydrogen (secondary N) is 1. The van der Waals surface area contributed by atoms with Crippen molar-refractivity contribution in [1.29, 1.82) is 0 Å². The number of aryl methyl sites for hydroxylation is 1. The molecule has 0 bridgehead atoms.